The number of piperazine rings is 1. The molecule has 0 atom stereocenters. The van der Waals surface area contributed by atoms with E-state index in [2.05, 4.69) is 41.5 Å². The van der Waals surface area contributed by atoms with Gasteiger partial charge in [0.2, 0.25) is 5.91 Å². The van der Waals surface area contributed by atoms with Crippen molar-refractivity contribution in [1.82, 2.24) is 14.8 Å². The summed E-state index contributed by atoms with van der Waals surface area (Å²) in [5.74, 6) is 1.09. The van der Waals surface area contributed by atoms with Gasteiger partial charge in [0.25, 0.3) is 0 Å². The molecule has 1 fully saturated rings. The fourth-order valence-electron chi connectivity index (χ4n) is 3.98. The zero-order valence-electron chi connectivity index (χ0n) is 18.9. The smallest absolute Gasteiger partial charge is 0.222 e. The molecule has 6 heteroatoms. The van der Waals surface area contributed by atoms with Crippen molar-refractivity contribution in [2.24, 2.45) is 0 Å². The average molecular weight is 450 g/mol. The first-order valence-electron chi connectivity index (χ1n) is 11.3. The molecule has 0 radical (unpaired) electrons. The molecule has 0 unspecified atom stereocenters. The summed E-state index contributed by atoms with van der Waals surface area (Å²) in [6.45, 7) is 6.38. The lowest BCUT2D eigenvalue weighted by molar-refractivity contribution is -0.133. The lowest BCUT2D eigenvalue weighted by atomic mass is 10.1. The van der Waals surface area contributed by atoms with E-state index in [1.54, 1.807) is 18.4 Å². The molecule has 168 valence electrons. The van der Waals surface area contributed by atoms with E-state index in [1.807, 2.05) is 29.2 Å². The second kappa shape index (κ2) is 10.7. The van der Waals surface area contributed by atoms with Crippen molar-refractivity contribution in [1.29, 1.82) is 0 Å². The number of benzene rings is 2. The number of amides is 1. The highest BCUT2D eigenvalue weighted by Crippen LogP contribution is 2.25. The van der Waals surface area contributed by atoms with E-state index >= 15 is 0 Å². The van der Waals surface area contributed by atoms with Gasteiger partial charge in [-0.05, 0) is 36.1 Å². The number of carbonyl (C=O) groups is 1. The average Bonchev–Trinajstić information content (AvgIpc) is 3.32. The van der Waals surface area contributed by atoms with E-state index in [0.717, 1.165) is 62.0 Å². The predicted molar refractivity (Wildman–Crippen MR) is 130 cm³/mol. The monoisotopic (exact) mass is 449 g/mol. The van der Waals surface area contributed by atoms with E-state index in [-0.39, 0.29) is 5.91 Å². The molecule has 2 aromatic carbocycles. The van der Waals surface area contributed by atoms with E-state index in [0.29, 0.717) is 6.42 Å². The molecule has 0 bridgehead atoms. The molecular weight excluding hydrogens is 418 g/mol. The molecule has 1 aromatic heterocycles. The fourth-order valence-corrected chi connectivity index (χ4v) is 4.80. The van der Waals surface area contributed by atoms with Crippen LogP contribution in [0.25, 0.3) is 10.6 Å². The third-order valence-electron chi connectivity index (χ3n) is 6.06. The molecule has 1 aliphatic heterocycles. The van der Waals surface area contributed by atoms with Crippen molar-refractivity contribution < 1.29 is 9.53 Å². The molecule has 4 rings (SSSR count). The number of methoxy groups -OCH3 is 1. The molecule has 2 heterocycles. The summed E-state index contributed by atoms with van der Waals surface area (Å²) in [4.78, 5) is 21.9. The minimum absolute atomic E-state index is 0.243. The molecule has 3 aromatic rings. The topological polar surface area (TPSA) is 45.7 Å². The summed E-state index contributed by atoms with van der Waals surface area (Å²) in [5, 5.41) is 3.24. The molecule has 0 spiro atoms. The van der Waals surface area contributed by atoms with E-state index in [4.69, 9.17) is 9.72 Å². The van der Waals surface area contributed by atoms with E-state index < -0.39 is 0 Å². The van der Waals surface area contributed by atoms with Gasteiger partial charge in [0.15, 0.2) is 0 Å². The molecule has 1 amide bonds. The minimum atomic E-state index is 0.243. The normalized spacial score (nSPS) is 14.5. The van der Waals surface area contributed by atoms with Gasteiger partial charge in [-0.2, -0.15) is 0 Å². The number of hydrogen-bond donors (Lipinski definition) is 0. The SMILES string of the molecule is CCc1ccc(-c2nc(CN3CCN(C(=O)CCc4ccc(OC)cc4)CC3)cs2)cc1. The number of nitrogens with zero attached hydrogens (tertiary/aromatic N) is 3. The number of carbonyl (C=O) groups excluding carboxylic acids is 1. The first kappa shape index (κ1) is 22.5. The zero-order valence-corrected chi connectivity index (χ0v) is 19.7. The Labute approximate surface area is 194 Å². The van der Waals surface area contributed by atoms with Crippen LogP contribution in [-0.2, 0) is 24.2 Å². The summed E-state index contributed by atoms with van der Waals surface area (Å²) < 4.78 is 5.19. The van der Waals surface area contributed by atoms with Crippen molar-refractivity contribution in [3.8, 4) is 16.3 Å². The Hall–Kier alpha value is -2.70. The quantitative estimate of drug-likeness (QED) is 0.502. The molecule has 0 N–H and O–H groups in total. The van der Waals surface area contributed by atoms with Crippen LogP contribution in [0.3, 0.4) is 0 Å². The van der Waals surface area contributed by atoms with Crippen molar-refractivity contribution in [3.63, 3.8) is 0 Å². The fraction of sp³-hybridized carbons (Fsp3) is 0.385. The first-order valence-corrected chi connectivity index (χ1v) is 12.2. The molecule has 32 heavy (non-hydrogen) atoms. The van der Waals surface area contributed by atoms with Crippen molar-refractivity contribution in [2.75, 3.05) is 33.3 Å². The summed E-state index contributed by atoms with van der Waals surface area (Å²) in [7, 11) is 1.66. The maximum atomic E-state index is 12.6. The summed E-state index contributed by atoms with van der Waals surface area (Å²) in [6.07, 6.45) is 2.38. The number of ether oxygens (including phenoxy) is 1. The van der Waals surface area contributed by atoms with Crippen LogP contribution in [0.5, 0.6) is 5.75 Å². The minimum Gasteiger partial charge on any atom is -0.497 e. The maximum Gasteiger partial charge on any atom is 0.222 e. The van der Waals surface area contributed by atoms with Crippen LogP contribution in [-0.4, -0.2) is 54.0 Å². The van der Waals surface area contributed by atoms with Gasteiger partial charge in [0.1, 0.15) is 10.8 Å². The van der Waals surface area contributed by atoms with Crippen molar-refractivity contribution in [2.45, 2.75) is 32.7 Å². The third-order valence-corrected chi connectivity index (χ3v) is 7.00. The summed E-state index contributed by atoms with van der Waals surface area (Å²) in [6, 6.07) is 16.7. The van der Waals surface area contributed by atoms with Crippen LogP contribution in [0.1, 0.15) is 30.2 Å². The second-order valence-corrected chi connectivity index (χ2v) is 9.06. The molecule has 1 aliphatic rings. The van der Waals surface area contributed by atoms with Gasteiger partial charge < -0.3 is 9.64 Å². The van der Waals surface area contributed by atoms with Crippen LogP contribution in [0.4, 0.5) is 0 Å². The Kier molecular flexibility index (Phi) is 7.55. The highest BCUT2D eigenvalue weighted by molar-refractivity contribution is 7.13. The number of aromatic nitrogens is 1. The van der Waals surface area contributed by atoms with E-state index in [9.17, 15) is 4.79 Å². The van der Waals surface area contributed by atoms with Gasteiger partial charge in [0.05, 0.1) is 12.8 Å². The number of hydrogen-bond acceptors (Lipinski definition) is 5. The highest BCUT2D eigenvalue weighted by atomic mass is 32.1. The zero-order chi connectivity index (χ0) is 22.3. The van der Waals surface area contributed by atoms with Crippen LogP contribution >= 0.6 is 11.3 Å². The Morgan fingerprint density at radius 3 is 2.34 bits per heavy atom. The number of aryl methyl sites for hydroxylation is 2. The van der Waals surface area contributed by atoms with Crippen LogP contribution in [0.15, 0.2) is 53.9 Å². The van der Waals surface area contributed by atoms with Gasteiger partial charge in [-0.15, -0.1) is 11.3 Å². The molecule has 5 nitrogen and oxygen atoms in total. The molecule has 0 saturated carbocycles. The maximum absolute atomic E-state index is 12.6. The standard InChI is InChI=1S/C26H31N3O2S/c1-3-20-4-9-22(10-5-20)26-27-23(19-32-26)18-28-14-16-29(17-15-28)25(30)13-8-21-6-11-24(31-2)12-7-21/h4-7,9-12,19H,3,8,13-18H2,1-2H3. The lowest BCUT2D eigenvalue weighted by Gasteiger charge is -2.34. The Balaban J connectivity index is 1.23. The predicted octanol–water partition coefficient (Wildman–Crippen LogP) is 4.66. The highest BCUT2D eigenvalue weighted by Gasteiger charge is 2.21. The van der Waals surface area contributed by atoms with Gasteiger partial charge in [-0.3, -0.25) is 9.69 Å². The number of rotatable bonds is 8. The second-order valence-electron chi connectivity index (χ2n) is 8.20. The Bertz CT molecular complexity index is 1010. The van der Waals surface area contributed by atoms with Gasteiger partial charge in [-0.25, -0.2) is 4.98 Å². The van der Waals surface area contributed by atoms with E-state index in [1.165, 1.54) is 16.7 Å². The van der Waals surface area contributed by atoms with Crippen molar-refractivity contribution >= 4 is 17.2 Å². The largest absolute Gasteiger partial charge is 0.497 e. The van der Waals surface area contributed by atoms with Crippen LogP contribution in [0, 0.1) is 0 Å². The van der Waals surface area contributed by atoms with Crippen molar-refractivity contribution in [3.05, 3.63) is 70.7 Å². The first-order chi connectivity index (χ1) is 15.6. The molecule has 1 saturated heterocycles. The number of thiazole rings is 1. The molecule has 0 aliphatic carbocycles. The van der Waals surface area contributed by atoms with Crippen LogP contribution < -0.4 is 4.74 Å². The van der Waals surface area contributed by atoms with Gasteiger partial charge in [-0.1, -0.05) is 43.3 Å². The summed E-state index contributed by atoms with van der Waals surface area (Å²) >= 11 is 1.71. The lowest BCUT2D eigenvalue weighted by Crippen LogP contribution is -2.48. The molecular formula is C26H31N3O2S. The van der Waals surface area contributed by atoms with Gasteiger partial charge in [0, 0.05) is 50.1 Å². The van der Waals surface area contributed by atoms with Crippen LogP contribution in [0.2, 0.25) is 0 Å². The Morgan fingerprint density at radius 1 is 1.00 bits per heavy atom. The third kappa shape index (κ3) is 5.75. The summed E-state index contributed by atoms with van der Waals surface area (Å²) in [5.41, 5.74) is 4.82. The Morgan fingerprint density at radius 2 is 1.69 bits per heavy atom. The van der Waals surface area contributed by atoms with Gasteiger partial charge >= 0.3 is 0 Å².